The number of hydrogen-bond acceptors (Lipinski definition) is 2. The van der Waals surface area contributed by atoms with Crippen molar-refractivity contribution in [2.45, 2.75) is 196 Å². The van der Waals surface area contributed by atoms with E-state index in [1.807, 2.05) is 13.8 Å². The molecule has 0 saturated heterocycles. The molecule has 1 heterocycles. The second-order valence-electron chi connectivity index (χ2n) is 14.9. The van der Waals surface area contributed by atoms with Crippen molar-refractivity contribution in [1.29, 1.82) is 0 Å². The first kappa shape index (κ1) is 50.9. The summed E-state index contributed by atoms with van der Waals surface area (Å²) in [7, 11) is 0. The normalized spacial score (nSPS) is 12.2. The van der Waals surface area contributed by atoms with Crippen LogP contribution in [0.2, 0.25) is 0 Å². The smallest absolute Gasteiger partial charge is 0.210 e. The maximum absolute atomic E-state index is 12.0. The van der Waals surface area contributed by atoms with Crippen LogP contribution in [0.5, 0.6) is 0 Å². The van der Waals surface area contributed by atoms with E-state index in [-0.39, 0.29) is 16.5 Å². The van der Waals surface area contributed by atoms with Crippen LogP contribution in [-0.2, 0) is 42.2 Å². The van der Waals surface area contributed by atoms with Crippen molar-refractivity contribution >= 4 is 11.4 Å². The van der Waals surface area contributed by atoms with Crippen molar-refractivity contribution in [3.63, 3.8) is 0 Å². The minimum absolute atomic E-state index is 0. The summed E-state index contributed by atoms with van der Waals surface area (Å²) in [6, 6.07) is 14.4. The fourth-order valence-electron chi connectivity index (χ4n) is 6.64. The minimum atomic E-state index is 0. The third kappa shape index (κ3) is 21.0. The number of hydrogen-bond donors (Lipinski definition) is 2. The first-order valence-electron chi connectivity index (χ1n) is 21.8. The van der Waals surface area contributed by atoms with Gasteiger partial charge in [0.1, 0.15) is 0 Å². The number of rotatable bonds is 25. The van der Waals surface area contributed by atoms with Crippen LogP contribution >= 0.6 is 0 Å². The average Bonchev–Trinajstić information content (AvgIpc) is 3.50. The average molecular weight is 776 g/mol. The zero-order valence-electron chi connectivity index (χ0n) is 35.3. The Hall–Kier alpha value is -2.07. The molecule has 0 bridgehead atoms. The molecule has 304 valence electrons. The van der Waals surface area contributed by atoms with Crippen molar-refractivity contribution in [2.24, 2.45) is 0 Å². The van der Waals surface area contributed by atoms with Crippen molar-refractivity contribution in [3.8, 4) is 0 Å². The van der Waals surface area contributed by atoms with E-state index in [1.54, 1.807) is 4.70 Å². The van der Waals surface area contributed by atoms with Gasteiger partial charge >= 0.3 is 0 Å². The van der Waals surface area contributed by atoms with Gasteiger partial charge in [-0.05, 0) is 124 Å². The molecule has 0 aromatic heterocycles. The van der Waals surface area contributed by atoms with Gasteiger partial charge in [-0.1, -0.05) is 131 Å². The second kappa shape index (κ2) is 33.3. The Kier molecular flexibility index (Phi) is 32.0. The van der Waals surface area contributed by atoms with Crippen LogP contribution in [0.15, 0.2) is 48.0 Å². The first-order valence-corrected chi connectivity index (χ1v) is 21.8. The summed E-state index contributed by atoms with van der Waals surface area (Å²) >= 11 is 0. The molecule has 53 heavy (non-hydrogen) atoms. The molecule has 0 amide bonds. The summed E-state index contributed by atoms with van der Waals surface area (Å²) in [5, 5.41) is 15.8. The van der Waals surface area contributed by atoms with Crippen LogP contribution in [-0.4, -0.2) is 28.1 Å². The Morgan fingerprint density at radius 1 is 0.434 bits per heavy atom. The number of allylic oxidation sites excluding steroid dienone is 2. The molecule has 5 heteroatoms. The van der Waals surface area contributed by atoms with Gasteiger partial charge in [0.2, 0.25) is 11.4 Å². The van der Waals surface area contributed by atoms with E-state index >= 15 is 0 Å². The number of benzene rings is 2. The summed E-state index contributed by atoms with van der Waals surface area (Å²) < 4.78 is 1.55. The molecule has 0 aliphatic carbocycles. The molecule has 0 radical (unpaired) electrons. The van der Waals surface area contributed by atoms with Crippen LogP contribution < -0.4 is 0 Å². The predicted molar refractivity (Wildman–Crippen MR) is 228 cm³/mol. The summed E-state index contributed by atoms with van der Waals surface area (Å²) in [6.07, 6.45) is 29.6. The molecule has 2 aromatic rings. The molecule has 0 fully saturated rings. The zero-order valence-corrected chi connectivity index (χ0v) is 36.3. The molecule has 3 rings (SSSR count). The Morgan fingerprint density at radius 2 is 0.774 bits per heavy atom. The largest absolute Gasteiger partial charge is 0.493 e. The molecule has 2 aromatic carbocycles. The second-order valence-corrected chi connectivity index (χ2v) is 14.9. The maximum atomic E-state index is 12.0. The van der Waals surface area contributed by atoms with E-state index in [1.165, 1.54) is 129 Å². The Bertz CT molecular complexity index is 1290. The van der Waals surface area contributed by atoms with Crippen LogP contribution in [0.25, 0.3) is 16.9 Å². The van der Waals surface area contributed by atoms with Gasteiger partial charge in [0, 0.05) is 52.5 Å². The van der Waals surface area contributed by atoms with E-state index < -0.39 is 0 Å². The third-order valence-corrected chi connectivity index (χ3v) is 9.75. The van der Waals surface area contributed by atoms with Crippen LogP contribution in [0.4, 0.5) is 0 Å². The van der Waals surface area contributed by atoms with E-state index in [0.717, 1.165) is 69.2 Å². The monoisotopic (exact) mass is 775 g/mol. The van der Waals surface area contributed by atoms with Gasteiger partial charge in [0.25, 0.3) is 0 Å². The fourth-order valence-corrected chi connectivity index (χ4v) is 6.64. The summed E-state index contributed by atoms with van der Waals surface area (Å²) in [5.41, 5.74) is 23.3. The molecule has 2 N–H and O–H groups in total. The SMILES string of the molecule is CCCCCCCc1cc(CCCC)cc(C2=CC(CCCC)=C(c3cc(CCCC)cc(CCCCCCC)c3)[N+]2=[N-])c1.CCCO.CCCO.[Ni]. The van der Waals surface area contributed by atoms with Gasteiger partial charge in [-0.3, -0.25) is 0 Å². The number of aliphatic hydroxyl groups excluding tert-OH is 2. The van der Waals surface area contributed by atoms with E-state index in [0.29, 0.717) is 13.2 Å². The van der Waals surface area contributed by atoms with Gasteiger partial charge in [-0.2, -0.15) is 0 Å². The molecule has 4 nitrogen and oxygen atoms in total. The van der Waals surface area contributed by atoms with Gasteiger partial charge < -0.3 is 15.7 Å². The maximum Gasteiger partial charge on any atom is 0.210 e. The molecule has 0 atom stereocenters. The Labute approximate surface area is 337 Å². The van der Waals surface area contributed by atoms with Crippen LogP contribution in [0.1, 0.15) is 204 Å². The molecule has 1 aliphatic rings. The van der Waals surface area contributed by atoms with Crippen molar-refractivity contribution in [3.05, 3.63) is 87.0 Å². The van der Waals surface area contributed by atoms with Crippen molar-refractivity contribution < 1.29 is 31.4 Å². The Balaban J connectivity index is 0.00000272. The minimum Gasteiger partial charge on any atom is -0.493 e. The number of unbranched alkanes of at least 4 members (excludes halogenated alkanes) is 11. The summed E-state index contributed by atoms with van der Waals surface area (Å²) in [5.74, 6) is 0. The molecule has 0 unspecified atom stereocenters. The molecular weight excluding hydrogens is 695 g/mol. The molecule has 1 aliphatic heterocycles. The first-order chi connectivity index (χ1) is 25.4. The molecular formula is C48H80N2NiO2. The van der Waals surface area contributed by atoms with Crippen molar-refractivity contribution in [1.82, 2.24) is 0 Å². The fraction of sp³-hybridized carbons (Fsp3) is 0.667. The van der Waals surface area contributed by atoms with E-state index in [4.69, 9.17) is 10.2 Å². The zero-order chi connectivity index (χ0) is 38.4. The predicted octanol–water partition coefficient (Wildman–Crippen LogP) is 14.2. The quantitative estimate of drug-likeness (QED) is 0.0599. The summed E-state index contributed by atoms with van der Waals surface area (Å²) in [4.78, 5) is 0. The van der Waals surface area contributed by atoms with E-state index in [2.05, 4.69) is 77.1 Å². The van der Waals surface area contributed by atoms with Crippen molar-refractivity contribution in [2.75, 3.05) is 13.2 Å². The van der Waals surface area contributed by atoms with Gasteiger partial charge in [0.05, 0.1) is 0 Å². The standard InChI is InChI=1S/C42H64N2.2C3H8O.Ni/c1-6-11-16-18-20-24-36-27-34(22-13-8-3)29-39(30-36)41-33-38(26-15-10-5)42(44(41)43)40-31-35(23-14-9-4)28-37(32-40)25-21-19-17-12-7-2;2*1-2-3-4;/h27-33H,6-26H2,1-5H3;2*4H,2-3H2,1H3;. The number of nitrogens with zero attached hydrogens (tertiary/aromatic N) is 2. The molecule has 0 saturated carbocycles. The van der Waals surface area contributed by atoms with Crippen LogP contribution in [0, 0.1) is 0 Å². The molecule has 0 spiro atoms. The topological polar surface area (TPSA) is 65.8 Å². The third-order valence-electron chi connectivity index (χ3n) is 9.75. The number of aliphatic hydroxyl groups is 2. The van der Waals surface area contributed by atoms with Gasteiger partial charge in [-0.25, -0.2) is 4.70 Å². The van der Waals surface area contributed by atoms with Gasteiger partial charge in [-0.15, -0.1) is 0 Å². The Morgan fingerprint density at radius 3 is 1.15 bits per heavy atom. The van der Waals surface area contributed by atoms with Gasteiger partial charge in [0.15, 0.2) is 0 Å². The number of aryl methyl sites for hydroxylation is 4. The summed E-state index contributed by atoms with van der Waals surface area (Å²) in [6.45, 7) is 15.9. The van der Waals surface area contributed by atoms with Crippen LogP contribution in [0.3, 0.4) is 0 Å². The van der Waals surface area contributed by atoms with E-state index in [9.17, 15) is 5.53 Å².